The number of nitrogens with zero attached hydrogens (tertiary/aromatic N) is 3. The van der Waals surface area contributed by atoms with Crippen LogP contribution in [0.5, 0.6) is 0 Å². The fraction of sp³-hybridized carbons (Fsp3) is 0.467. The van der Waals surface area contributed by atoms with E-state index in [2.05, 4.69) is 10.1 Å². The molecule has 1 unspecified atom stereocenters. The Labute approximate surface area is 123 Å². The van der Waals surface area contributed by atoms with Crippen LogP contribution in [0.15, 0.2) is 28.8 Å². The van der Waals surface area contributed by atoms with Crippen molar-refractivity contribution in [3.63, 3.8) is 0 Å². The van der Waals surface area contributed by atoms with E-state index in [1.54, 1.807) is 12.1 Å². The molecule has 0 saturated heterocycles. The van der Waals surface area contributed by atoms with Crippen LogP contribution in [-0.4, -0.2) is 23.3 Å². The first kappa shape index (κ1) is 15.4. The Hall–Kier alpha value is -1.95. The van der Waals surface area contributed by atoms with Gasteiger partial charge in [0.1, 0.15) is 11.9 Å². The maximum Gasteiger partial charge on any atom is 0.246 e. The molecule has 21 heavy (non-hydrogen) atoms. The predicted octanol–water partition coefficient (Wildman–Crippen LogP) is 3.33. The average molecular weight is 293 g/mol. The van der Waals surface area contributed by atoms with Gasteiger partial charge in [-0.2, -0.15) is 4.98 Å². The van der Waals surface area contributed by atoms with Crippen LogP contribution in [0.1, 0.15) is 38.6 Å². The van der Waals surface area contributed by atoms with Crippen LogP contribution in [0.2, 0.25) is 0 Å². The zero-order valence-electron chi connectivity index (χ0n) is 12.5. The molecule has 0 spiro atoms. The van der Waals surface area contributed by atoms with E-state index in [1.807, 2.05) is 25.7 Å². The highest BCUT2D eigenvalue weighted by Gasteiger charge is 2.16. The lowest BCUT2D eigenvalue weighted by molar-refractivity contribution is 0.0683. The second-order valence-corrected chi connectivity index (χ2v) is 4.63. The molecule has 114 valence electrons. The van der Waals surface area contributed by atoms with Crippen LogP contribution < -0.4 is 4.90 Å². The lowest BCUT2D eigenvalue weighted by Gasteiger charge is -2.20. The highest BCUT2D eigenvalue weighted by Crippen LogP contribution is 2.18. The number of anilines is 1. The van der Waals surface area contributed by atoms with Crippen LogP contribution in [0.4, 0.5) is 10.1 Å². The van der Waals surface area contributed by atoms with Gasteiger partial charge in [-0.1, -0.05) is 5.16 Å². The van der Waals surface area contributed by atoms with Gasteiger partial charge >= 0.3 is 0 Å². The van der Waals surface area contributed by atoms with Crippen LogP contribution in [0.3, 0.4) is 0 Å². The van der Waals surface area contributed by atoms with Gasteiger partial charge < -0.3 is 14.2 Å². The summed E-state index contributed by atoms with van der Waals surface area (Å²) in [7, 11) is 0. The van der Waals surface area contributed by atoms with Crippen LogP contribution in [-0.2, 0) is 11.3 Å². The van der Waals surface area contributed by atoms with Crippen molar-refractivity contribution < 1.29 is 13.7 Å². The molecule has 0 radical (unpaired) electrons. The van der Waals surface area contributed by atoms with Gasteiger partial charge in [-0.15, -0.1) is 0 Å². The average Bonchev–Trinajstić information content (AvgIpc) is 2.95. The minimum atomic E-state index is -0.250. The zero-order valence-corrected chi connectivity index (χ0v) is 12.5. The number of hydrogen-bond donors (Lipinski definition) is 0. The highest BCUT2D eigenvalue weighted by molar-refractivity contribution is 5.45. The fourth-order valence-electron chi connectivity index (χ4n) is 2.02. The summed E-state index contributed by atoms with van der Waals surface area (Å²) in [6, 6.07) is 6.35. The van der Waals surface area contributed by atoms with Gasteiger partial charge in [0.05, 0.1) is 6.54 Å². The Balaban J connectivity index is 2.06. The number of benzene rings is 1. The summed E-state index contributed by atoms with van der Waals surface area (Å²) < 4.78 is 23.7. The van der Waals surface area contributed by atoms with E-state index in [9.17, 15) is 4.39 Å². The fourth-order valence-corrected chi connectivity index (χ4v) is 2.02. The minimum absolute atomic E-state index is 0.187. The van der Waals surface area contributed by atoms with Crippen LogP contribution in [0.25, 0.3) is 0 Å². The molecule has 0 amide bonds. The van der Waals surface area contributed by atoms with Crippen molar-refractivity contribution in [1.29, 1.82) is 0 Å². The van der Waals surface area contributed by atoms with E-state index in [1.165, 1.54) is 12.1 Å². The van der Waals surface area contributed by atoms with Gasteiger partial charge in [0.15, 0.2) is 5.82 Å². The molecule has 0 fully saturated rings. The molecule has 0 aliphatic carbocycles. The van der Waals surface area contributed by atoms with Crippen molar-refractivity contribution in [3.8, 4) is 0 Å². The van der Waals surface area contributed by atoms with Gasteiger partial charge in [0, 0.05) is 18.8 Å². The molecule has 1 aromatic carbocycles. The maximum atomic E-state index is 13.0. The van der Waals surface area contributed by atoms with Gasteiger partial charge in [-0.3, -0.25) is 0 Å². The number of ether oxygens (including phenoxy) is 1. The van der Waals surface area contributed by atoms with Crippen molar-refractivity contribution >= 4 is 5.69 Å². The SMILES string of the molecule is CCOC(C)c1noc(CN(CC)c2ccc(F)cc2)n1. The second-order valence-electron chi connectivity index (χ2n) is 4.63. The normalized spacial score (nSPS) is 12.4. The lowest BCUT2D eigenvalue weighted by atomic mass is 10.2. The molecule has 5 nitrogen and oxygen atoms in total. The van der Waals surface area contributed by atoms with Crippen molar-refractivity contribution in [2.45, 2.75) is 33.4 Å². The first-order valence-corrected chi connectivity index (χ1v) is 7.08. The quantitative estimate of drug-likeness (QED) is 0.783. The summed E-state index contributed by atoms with van der Waals surface area (Å²) in [5.41, 5.74) is 0.913. The summed E-state index contributed by atoms with van der Waals surface area (Å²) in [4.78, 5) is 6.37. The number of hydrogen-bond acceptors (Lipinski definition) is 5. The molecule has 0 saturated carbocycles. The molecule has 1 aromatic heterocycles. The van der Waals surface area contributed by atoms with E-state index >= 15 is 0 Å². The Bertz CT molecular complexity index is 556. The molecule has 2 rings (SSSR count). The van der Waals surface area contributed by atoms with Crippen molar-refractivity contribution in [3.05, 3.63) is 41.8 Å². The number of aromatic nitrogens is 2. The summed E-state index contributed by atoms with van der Waals surface area (Å²) in [6.07, 6.45) is -0.187. The van der Waals surface area contributed by atoms with E-state index in [0.29, 0.717) is 24.9 Å². The summed E-state index contributed by atoms with van der Waals surface area (Å²) in [6.45, 7) is 7.66. The number of rotatable bonds is 7. The second kappa shape index (κ2) is 7.17. The molecule has 0 aliphatic heterocycles. The predicted molar refractivity (Wildman–Crippen MR) is 77.5 cm³/mol. The zero-order chi connectivity index (χ0) is 15.2. The molecule has 0 N–H and O–H groups in total. The van der Waals surface area contributed by atoms with E-state index in [0.717, 1.165) is 12.2 Å². The van der Waals surface area contributed by atoms with Crippen LogP contribution >= 0.6 is 0 Å². The maximum absolute atomic E-state index is 13.0. The van der Waals surface area contributed by atoms with E-state index in [4.69, 9.17) is 9.26 Å². The monoisotopic (exact) mass is 293 g/mol. The van der Waals surface area contributed by atoms with Gasteiger partial charge in [0.25, 0.3) is 0 Å². The summed E-state index contributed by atoms with van der Waals surface area (Å²) in [5.74, 6) is 0.810. The standard InChI is InChI=1S/C15H20FN3O2/c1-4-19(13-8-6-12(16)7-9-13)10-14-17-15(18-21-14)11(3)20-5-2/h6-9,11H,4-5,10H2,1-3H3. The molecule has 2 aromatic rings. The van der Waals surface area contributed by atoms with Gasteiger partial charge in [-0.25, -0.2) is 4.39 Å². The summed E-state index contributed by atoms with van der Waals surface area (Å²) in [5, 5.41) is 3.93. The Morgan fingerprint density at radius 2 is 2.00 bits per heavy atom. The largest absolute Gasteiger partial charge is 0.371 e. The topological polar surface area (TPSA) is 51.4 Å². The third-order valence-electron chi connectivity index (χ3n) is 3.16. The molecule has 0 bridgehead atoms. The Kier molecular flexibility index (Phi) is 5.27. The smallest absolute Gasteiger partial charge is 0.246 e. The minimum Gasteiger partial charge on any atom is -0.371 e. The third-order valence-corrected chi connectivity index (χ3v) is 3.16. The van der Waals surface area contributed by atoms with Gasteiger partial charge in [-0.05, 0) is 45.0 Å². The lowest BCUT2D eigenvalue weighted by Crippen LogP contribution is -2.22. The Morgan fingerprint density at radius 1 is 1.29 bits per heavy atom. The molecule has 1 atom stereocenters. The highest BCUT2D eigenvalue weighted by atomic mass is 19.1. The molecule has 0 aliphatic rings. The van der Waals surface area contributed by atoms with Crippen molar-refractivity contribution in [1.82, 2.24) is 10.1 Å². The summed E-state index contributed by atoms with van der Waals surface area (Å²) >= 11 is 0. The first-order valence-electron chi connectivity index (χ1n) is 7.08. The Morgan fingerprint density at radius 3 is 2.62 bits per heavy atom. The molecular formula is C15H20FN3O2. The third kappa shape index (κ3) is 4.01. The number of halogens is 1. The van der Waals surface area contributed by atoms with E-state index in [-0.39, 0.29) is 11.9 Å². The van der Waals surface area contributed by atoms with Crippen molar-refractivity contribution in [2.75, 3.05) is 18.1 Å². The molecule has 1 heterocycles. The van der Waals surface area contributed by atoms with Crippen molar-refractivity contribution in [2.24, 2.45) is 0 Å². The molecule has 6 heteroatoms. The van der Waals surface area contributed by atoms with E-state index < -0.39 is 0 Å². The molecular weight excluding hydrogens is 273 g/mol. The first-order chi connectivity index (χ1) is 10.1. The van der Waals surface area contributed by atoms with Crippen LogP contribution in [0, 0.1) is 5.82 Å². The van der Waals surface area contributed by atoms with Gasteiger partial charge in [0.2, 0.25) is 5.89 Å².